The van der Waals surface area contributed by atoms with E-state index < -0.39 is 0 Å². The molecule has 0 unspecified atom stereocenters. The number of rotatable bonds is 6. The van der Waals surface area contributed by atoms with E-state index >= 15 is 0 Å². The first-order valence-corrected chi connectivity index (χ1v) is 7.32. The van der Waals surface area contributed by atoms with Crippen LogP contribution >= 0.6 is 24.0 Å². The molecular formula is C17H23IN4O. The number of hydrogen-bond donors (Lipinski definition) is 2. The van der Waals surface area contributed by atoms with Gasteiger partial charge in [-0.3, -0.25) is 0 Å². The van der Waals surface area contributed by atoms with Gasteiger partial charge in [0, 0.05) is 17.8 Å². The summed E-state index contributed by atoms with van der Waals surface area (Å²) in [4.78, 5) is 8.59. The van der Waals surface area contributed by atoms with Gasteiger partial charge in [-0.25, -0.2) is 9.98 Å². The van der Waals surface area contributed by atoms with Crippen LogP contribution < -0.4 is 15.8 Å². The first-order valence-electron chi connectivity index (χ1n) is 7.32. The Balaban J connectivity index is 0.00000264. The lowest BCUT2D eigenvalue weighted by atomic mass is 10.2. The summed E-state index contributed by atoms with van der Waals surface area (Å²) in [5.41, 5.74) is 7.82. The van der Waals surface area contributed by atoms with E-state index in [-0.39, 0.29) is 30.0 Å². The number of ether oxygens (including phenoxy) is 1. The van der Waals surface area contributed by atoms with Crippen molar-refractivity contribution >= 4 is 29.9 Å². The molecule has 0 atom stereocenters. The lowest BCUT2D eigenvalue weighted by Crippen LogP contribution is -2.36. The smallest absolute Gasteiger partial charge is 0.218 e. The molecule has 0 aliphatic carbocycles. The fourth-order valence-corrected chi connectivity index (χ4v) is 1.91. The van der Waals surface area contributed by atoms with Crippen molar-refractivity contribution < 1.29 is 4.74 Å². The molecule has 124 valence electrons. The van der Waals surface area contributed by atoms with Crippen LogP contribution in [0.1, 0.15) is 25.0 Å². The zero-order valence-corrected chi connectivity index (χ0v) is 15.7. The number of guanidine groups is 1. The Morgan fingerprint density at radius 3 is 2.65 bits per heavy atom. The van der Waals surface area contributed by atoms with Crippen molar-refractivity contribution in [3.63, 3.8) is 0 Å². The Kier molecular flexibility index (Phi) is 8.39. The zero-order chi connectivity index (χ0) is 15.8. The molecule has 0 saturated heterocycles. The van der Waals surface area contributed by atoms with Gasteiger partial charge in [-0.05, 0) is 25.5 Å². The van der Waals surface area contributed by atoms with Gasteiger partial charge in [0.2, 0.25) is 5.88 Å². The highest BCUT2D eigenvalue weighted by molar-refractivity contribution is 14.0. The summed E-state index contributed by atoms with van der Waals surface area (Å²) in [7, 11) is 0. The van der Waals surface area contributed by atoms with Gasteiger partial charge in [-0.1, -0.05) is 36.4 Å². The predicted molar refractivity (Wildman–Crippen MR) is 104 cm³/mol. The third-order valence-corrected chi connectivity index (χ3v) is 2.92. The number of nitrogens with zero attached hydrogens (tertiary/aromatic N) is 2. The van der Waals surface area contributed by atoms with E-state index in [1.54, 1.807) is 6.20 Å². The predicted octanol–water partition coefficient (Wildman–Crippen LogP) is 3.09. The quantitative estimate of drug-likeness (QED) is 0.423. The van der Waals surface area contributed by atoms with Gasteiger partial charge in [-0.2, -0.15) is 0 Å². The molecule has 0 radical (unpaired) electrons. The number of pyridine rings is 1. The third-order valence-electron chi connectivity index (χ3n) is 2.92. The molecule has 23 heavy (non-hydrogen) atoms. The molecule has 0 spiro atoms. The Morgan fingerprint density at radius 1 is 1.22 bits per heavy atom. The Morgan fingerprint density at radius 2 is 1.96 bits per heavy atom. The van der Waals surface area contributed by atoms with Crippen molar-refractivity contribution in [2.75, 3.05) is 0 Å². The third kappa shape index (κ3) is 6.85. The Bertz CT molecular complexity index is 617. The van der Waals surface area contributed by atoms with Crippen LogP contribution in [0.25, 0.3) is 0 Å². The summed E-state index contributed by atoms with van der Waals surface area (Å²) in [6, 6.07) is 14.1. The van der Waals surface area contributed by atoms with Crippen molar-refractivity contribution in [1.82, 2.24) is 10.3 Å². The summed E-state index contributed by atoms with van der Waals surface area (Å²) in [6.07, 6.45) is 1.71. The van der Waals surface area contributed by atoms with Gasteiger partial charge in [-0.15, -0.1) is 24.0 Å². The molecule has 0 saturated carbocycles. The first-order chi connectivity index (χ1) is 10.6. The Hall–Kier alpha value is -1.83. The highest BCUT2D eigenvalue weighted by Gasteiger charge is 2.05. The highest BCUT2D eigenvalue weighted by atomic mass is 127. The monoisotopic (exact) mass is 426 g/mol. The number of benzene rings is 1. The second-order valence-corrected chi connectivity index (χ2v) is 5.24. The molecule has 0 aliphatic heterocycles. The van der Waals surface area contributed by atoms with Crippen LogP contribution in [0.15, 0.2) is 53.7 Å². The number of aliphatic imine (C=N–C) groups is 1. The summed E-state index contributed by atoms with van der Waals surface area (Å²) < 4.78 is 5.79. The molecule has 0 bridgehead atoms. The zero-order valence-electron chi connectivity index (χ0n) is 13.4. The summed E-state index contributed by atoms with van der Waals surface area (Å²) in [5.74, 6) is 1.01. The van der Waals surface area contributed by atoms with Gasteiger partial charge >= 0.3 is 0 Å². The molecule has 0 fully saturated rings. The van der Waals surface area contributed by atoms with Crippen LogP contribution in [-0.2, 0) is 13.2 Å². The van der Waals surface area contributed by atoms with Gasteiger partial charge in [0.05, 0.1) is 6.54 Å². The van der Waals surface area contributed by atoms with Crippen LogP contribution in [0.2, 0.25) is 0 Å². The molecule has 0 aliphatic rings. The Labute approximate surface area is 154 Å². The maximum Gasteiger partial charge on any atom is 0.218 e. The number of aromatic nitrogens is 1. The fourth-order valence-electron chi connectivity index (χ4n) is 1.91. The summed E-state index contributed by atoms with van der Waals surface area (Å²) >= 11 is 0. The highest BCUT2D eigenvalue weighted by Crippen LogP contribution is 2.17. The lowest BCUT2D eigenvalue weighted by Gasteiger charge is -2.11. The molecular weight excluding hydrogens is 403 g/mol. The summed E-state index contributed by atoms with van der Waals surface area (Å²) in [5, 5.41) is 3.06. The second-order valence-electron chi connectivity index (χ2n) is 5.24. The number of nitrogens with two attached hydrogens (primary N) is 1. The van der Waals surface area contributed by atoms with E-state index in [0.717, 1.165) is 11.1 Å². The molecule has 0 amide bonds. The normalized spacial score (nSPS) is 11.0. The van der Waals surface area contributed by atoms with Crippen LogP contribution in [0.4, 0.5) is 0 Å². The number of nitrogens with one attached hydrogen (secondary N) is 1. The molecule has 2 rings (SSSR count). The van der Waals surface area contributed by atoms with Crippen LogP contribution in [0.5, 0.6) is 5.88 Å². The average molecular weight is 426 g/mol. The molecule has 5 nitrogen and oxygen atoms in total. The van der Waals surface area contributed by atoms with Crippen LogP contribution in [0.3, 0.4) is 0 Å². The molecule has 1 aromatic heterocycles. The van der Waals surface area contributed by atoms with Crippen molar-refractivity contribution in [2.24, 2.45) is 10.7 Å². The SMILES string of the molecule is CC(C)NC(N)=NCc1cccnc1OCc1ccccc1.I. The molecule has 1 aromatic carbocycles. The topological polar surface area (TPSA) is 72.5 Å². The standard InChI is InChI=1S/C17H22N4O.HI/c1-13(2)21-17(18)20-11-15-9-6-10-19-16(15)22-12-14-7-4-3-5-8-14;/h3-10,13H,11-12H2,1-2H3,(H3,18,20,21);1H. The van der Waals surface area contributed by atoms with E-state index in [9.17, 15) is 0 Å². The van der Waals surface area contributed by atoms with E-state index in [2.05, 4.69) is 15.3 Å². The maximum absolute atomic E-state index is 5.82. The molecule has 2 aromatic rings. The van der Waals surface area contributed by atoms with E-state index in [4.69, 9.17) is 10.5 Å². The minimum absolute atomic E-state index is 0. The van der Waals surface area contributed by atoms with E-state index in [1.807, 2.05) is 56.3 Å². The van der Waals surface area contributed by atoms with Crippen molar-refractivity contribution in [1.29, 1.82) is 0 Å². The molecule has 6 heteroatoms. The van der Waals surface area contributed by atoms with Gasteiger partial charge in [0.15, 0.2) is 5.96 Å². The van der Waals surface area contributed by atoms with E-state index in [1.165, 1.54) is 0 Å². The number of hydrogen-bond acceptors (Lipinski definition) is 3. The average Bonchev–Trinajstić information content (AvgIpc) is 2.52. The van der Waals surface area contributed by atoms with Crippen LogP contribution in [-0.4, -0.2) is 17.0 Å². The van der Waals surface area contributed by atoms with Crippen molar-refractivity contribution in [3.05, 3.63) is 59.8 Å². The molecule has 3 N–H and O–H groups in total. The first kappa shape index (κ1) is 19.2. The van der Waals surface area contributed by atoms with Crippen LogP contribution in [0, 0.1) is 0 Å². The van der Waals surface area contributed by atoms with E-state index in [0.29, 0.717) is 25.0 Å². The molecule has 1 heterocycles. The summed E-state index contributed by atoms with van der Waals surface area (Å²) in [6.45, 7) is 4.94. The van der Waals surface area contributed by atoms with Crippen molar-refractivity contribution in [3.8, 4) is 5.88 Å². The minimum Gasteiger partial charge on any atom is -0.473 e. The largest absolute Gasteiger partial charge is 0.473 e. The lowest BCUT2D eigenvalue weighted by molar-refractivity contribution is 0.290. The number of halogens is 1. The van der Waals surface area contributed by atoms with Gasteiger partial charge in [0.25, 0.3) is 0 Å². The van der Waals surface area contributed by atoms with Crippen molar-refractivity contribution in [2.45, 2.75) is 33.0 Å². The second kappa shape index (κ2) is 10.0. The maximum atomic E-state index is 5.82. The van der Waals surface area contributed by atoms with Gasteiger partial charge in [0.1, 0.15) is 6.61 Å². The minimum atomic E-state index is 0. The van der Waals surface area contributed by atoms with Gasteiger partial charge < -0.3 is 15.8 Å². The fraction of sp³-hybridized carbons (Fsp3) is 0.294.